The largest absolute Gasteiger partial charge is 0.442 e. The van der Waals surface area contributed by atoms with Crippen molar-refractivity contribution >= 4 is 12.3 Å². The molecule has 106 valence electrons. The van der Waals surface area contributed by atoms with Gasteiger partial charge in [-0.2, -0.15) is 4.99 Å². The maximum Gasteiger partial charge on any atom is 0.433 e. The highest BCUT2D eigenvalue weighted by atomic mass is 16.6. The quantitative estimate of drug-likeness (QED) is 0.740. The highest BCUT2D eigenvalue weighted by Gasteiger charge is 2.22. The Morgan fingerprint density at radius 1 is 1.28 bits per heavy atom. The van der Waals surface area contributed by atoms with E-state index in [0.29, 0.717) is 6.42 Å². The molecule has 0 saturated heterocycles. The SMILES string of the molecule is CC(C)(CO)CC(C=NC(=O)OC(C)(C)C)CO. The summed E-state index contributed by atoms with van der Waals surface area (Å²) >= 11 is 0. The van der Waals surface area contributed by atoms with Gasteiger partial charge in [-0.15, -0.1) is 0 Å². The predicted octanol–water partition coefficient (Wildman–Crippen LogP) is 2.01. The second-order valence-corrected chi connectivity index (χ2v) is 6.23. The van der Waals surface area contributed by atoms with Crippen molar-refractivity contribution in [2.24, 2.45) is 16.3 Å². The molecule has 2 N–H and O–H groups in total. The third-order valence-corrected chi connectivity index (χ3v) is 2.26. The van der Waals surface area contributed by atoms with Crippen LogP contribution in [-0.4, -0.2) is 41.3 Å². The van der Waals surface area contributed by atoms with Crippen LogP contribution in [0.5, 0.6) is 0 Å². The van der Waals surface area contributed by atoms with Crippen molar-refractivity contribution in [2.75, 3.05) is 13.2 Å². The second kappa shape index (κ2) is 6.85. The maximum absolute atomic E-state index is 11.4. The topological polar surface area (TPSA) is 79.1 Å². The number of nitrogens with zero attached hydrogens (tertiary/aromatic N) is 1. The Balaban J connectivity index is 4.41. The molecular weight excluding hydrogens is 234 g/mol. The predicted molar refractivity (Wildman–Crippen MR) is 70.8 cm³/mol. The van der Waals surface area contributed by atoms with E-state index in [9.17, 15) is 9.90 Å². The zero-order valence-corrected chi connectivity index (χ0v) is 11.9. The van der Waals surface area contributed by atoms with Crippen LogP contribution < -0.4 is 0 Å². The van der Waals surface area contributed by atoms with Crippen molar-refractivity contribution in [1.82, 2.24) is 0 Å². The van der Waals surface area contributed by atoms with E-state index in [0.717, 1.165) is 0 Å². The van der Waals surface area contributed by atoms with Gasteiger partial charge in [0.05, 0.1) is 6.61 Å². The number of amides is 1. The summed E-state index contributed by atoms with van der Waals surface area (Å²) in [5.41, 5.74) is -0.888. The number of carbonyl (C=O) groups is 1. The van der Waals surface area contributed by atoms with Crippen molar-refractivity contribution in [3.63, 3.8) is 0 Å². The van der Waals surface area contributed by atoms with Gasteiger partial charge in [0.25, 0.3) is 0 Å². The Labute approximate surface area is 109 Å². The van der Waals surface area contributed by atoms with Crippen molar-refractivity contribution in [1.29, 1.82) is 0 Å². The van der Waals surface area contributed by atoms with Gasteiger partial charge in [-0.3, -0.25) is 0 Å². The molecule has 1 amide bonds. The zero-order chi connectivity index (χ0) is 14.4. The Morgan fingerprint density at radius 3 is 2.22 bits per heavy atom. The lowest BCUT2D eigenvalue weighted by molar-refractivity contribution is 0.0603. The van der Waals surface area contributed by atoms with Crippen LogP contribution in [0.2, 0.25) is 0 Å². The molecule has 0 aromatic heterocycles. The molecule has 0 bridgehead atoms. The van der Waals surface area contributed by atoms with Crippen LogP contribution in [0, 0.1) is 11.3 Å². The van der Waals surface area contributed by atoms with Gasteiger partial charge < -0.3 is 14.9 Å². The number of rotatable bonds is 5. The molecule has 5 nitrogen and oxygen atoms in total. The smallest absolute Gasteiger partial charge is 0.433 e. The molecule has 0 aliphatic heterocycles. The first kappa shape index (κ1) is 17.1. The number of aliphatic imine (C=N–C) groups is 1. The van der Waals surface area contributed by atoms with Crippen LogP contribution in [0.4, 0.5) is 4.79 Å². The van der Waals surface area contributed by atoms with Gasteiger partial charge in [0.1, 0.15) is 5.60 Å². The van der Waals surface area contributed by atoms with Gasteiger partial charge in [0.2, 0.25) is 0 Å². The van der Waals surface area contributed by atoms with E-state index in [-0.39, 0.29) is 24.5 Å². The number of ether oxygens (including phenoxy) is 1. The van der Waals surface area contributed by atoms with Crippen LogP contribution in [-0.2, 0) is 4.74 Å². The number of aliphatic hydroxyl groups is 2. The summed E-state index contributed by atoms with van der Waals surface area (Å²) in [5, 5.41) is 18.4. The van der Waals surface area contributed by atoms with Gasteiger partial charge >= 0.3 is 6.09 Å². The Kier molecular flexibility index (Phi) is 6.49. The van der Waals surface area contributed by atoms with Gasteiger partial charge in [-0.1, -0.05) is 13.8 Å². The molecule has 5 heteroatoms. The number of carbonyl (C=O) groups excluding carboxylic acids is 1. The minimum absolute atomic E-state index is 0.0176. The summed E-state index contributed by atoms with van der Waals surface area (Å²) in [6.45, 7) is 8.96. The Hall–Kier alpha value is -0.940. The van der Waals surface area contributed by atoms with Gasteiger partial charge in [-0.05, 0) is 32.6 Å². The molecule has 0 saturated carbocycles. The molecule has 0 radical (unpaired) electrons. The van der Waals surface area contributed by atoms with E-state index in [1.807, 2.05) is 13.8 Å². The Morgan fingerprint density at radius 2 is 1.83 bits per heavy atom. The third-order valence-electron chi connectivity index (χ3n) is 2.26. The van der Waals surface area contributed by atoms with Crippen molar-refractivity contribution in [3.8, 4) is 0 Å². The fourth-order valence-corrected chi connectivity index (χ4v) is 1.39. The standard InChI is InChI=1S/C13H25NO4/c1-12(2,3)18-11(17)14-7-10(8-15)6-13(4,5)9-16/h7,10,15-16H,6,8-9H2,1-5H3. The average Bonchev–Trinajstić information content (AvgIpc) is 2.21. The van der Waals surface area contributed by atoms with Crippen LogP contribution in [0.15, 0.2) is 4.99 Å². The van der Waals surface area contributed by atoms with Crippen molar-refractivity contribution in [2.45, 2.75) is 46.6 Å². The summed E-state index contributed by atoms with van der Waals surface area (Å²) in [6, 6.07) is 0. The minimum Gasteiger partial charge on any atom is -0.442 e. The summed E-state index contributed by atoms with van der Waals surface area (Å²) in [7, 11) is 0. The molecule has 0 rings (SSSR count). The second-order valence-electron chi connectivity index (χ2n) is 6.23. The molecule has 0 heterocycles. The summed E-state index contributed by atoms with van der Waals surface area (Å²) in [6.07, 6.45) is 1.28. The monoisotopic (exact) mass is 259 g/mol. The normalized spacial score (nSPS) is 14.8. The van der Waals surface area contributed by atoms with Crippen LogP contribution in [0.1, 0.15) is 41.0 Å². The summed E-state index contributed by atoms with van der Waals surface area (Å²) in [4.78, 5) is 15.0. The van der Waals surface area contributed by atoms with Crippen molar-refractivity contribution < 1.29 is 19.7 Å². The third kappa shape index (κ3) is 8.20. The molecular formula is C13H25NO4. The van der Waals surface area contributed by atoms with Crippen molar-refractivity contribution in [3.05, 3.63) is 0 Å². The molecule has 0 fully saturated rings. The lowest BCUT2D eigenvalue weighted by Gasteiger charge is -2.24. The molecule has 0 aliphatic rings. The maximum atomic E-state index is 11.4. The lowest BCUT2D eigenvalue weighted by atomic mass is 9.84. The van der Waals surface area contributed by atoms with E-state index >= 15 is 0 Å². The van der Waals surface area contributed by atoms with E-state index in [2.05, 4.69) is 4.99 Å². The molecule has 0 aliphatic carbocycles. The van der Waals surface area contributed by atoms with Crippen LogP contribution >= 0.6 is 0 Å². The molecule has 1 unspecified atom stereocenters. The fourth-order valence-electron chi connectivity index (χ4n) is 1.39. The fraction of sp³-hybridized carbons (Fsp3) is 0.846. The molecule has 18 heavy (non-hydrogen) atoms. The summed E-state index contributed by atoms with van der Waals surface area (Å²) < 4.78 is 5.02. The number of aliphatic hydroxyl groups excluding tert-OH is 2. The van der Waals surface area contributed by atoms with Gasteiger partial charge in [0.15, 0.2) is 0 Å². The van der Waals surface area contributed by atoms with E-state index < -0.39 is 11.7 Å². The highest BCUT2D eigenvalue weighted by molar-refractivity contribution is 5.80. The zero-order valence-electron chi connectivity index (χ0n) is 11.9. The van der Waals surface area contributed by atoms with Crippen LogP contribution in [0.3, 0.4) is 0 Å². The summed E-state index contributed by atoms with van der Waals surface area (Å²) in [5.74, 6) is -0.264. The first-order chi connectivity index (χ1) is 8.09. The van der Waals surface area contributed by atoms with E-state index in [4.69, 9.17) is 9.84 Å². The number of hydrogen-bond acceptors (Lipinski definition) is 4. The van der Waals surface area contributed by atoms with E-state index in [1.54, 1.807) is 20.8 Å². The number of hydrogen-bond donors (Lipinski definition) is 2. The Bertz CT molecular complexity index is 292. The van der Waals surface area contributed by atoms with Gasteiger partial charge in [0, 0.05) is 18.7 Å². The minimum atomic E-state index is -0.664. The molecule has 1 atom stereocenters. The molecule has 0 aromatic rings. The highest BCUT2D eigenvalue weighted by Crippen LogP contribution is 2.23. The average molecular weight is 259 g/mol. The van der Waals surface area contributed by atoms with E-state index in [1.165, 1.54) is 6.21 Å². The lowest BCUT2D eigenvalue weighted by Crippen LogP contribution is -2.25. The van der Waals surface area contributed by atoms with Gasteiger partial charge in [-0.25, -0.2) is 4.79 Å². The molecule has 0 aromatic carbocycles. The first-order valence-electron chi connectivity index (χ1n) is 6.08. The first-order valence-corrected chi connectivity index (χ1v) is 6.08. The van der Waals surface area contributed by atoms with Crippen LogP contribution in [0.25, 0.3) is 0 Å². The molecule has 0 spiro atoms.